The van der Waals surface area contributed by atoms with Gasteiger partial charge in [-0.1, -0.05) is 31.2 Å². The van der Waals surface area contributed by atoms with Crippen molar-refractivity contribution in [3.8, 4) is 0 Å². The highest BCUT2D eigenvalue weighted by atomic mass is 16.4. The molecule has 5 unspecified atom stereocenters. The van der Waals surface area contributed by atoms with Crippen LogP contribution in [0.1, 0.15) is 65.2 Å². The molecule has 116 valence electrons. The van der Waals surface area contributed by atoms with Crippen molar-refractivity contribution >= 4 is 5.71 Å². The smallest absolute Gasteiger partial charge is 0.0632 e. The zero-order chi connectivity index (χ0) is 14.7. The van der Waals surface area contributed by atoms with Crippen molar-refractivity contribution in [2.75, 3.05) is 0 Å². The molecule has 0 aromatic rings. The molecule has 6 atom stereocenters. The standard InChI is InChI=1S/C19H29NO/c1-18-11-4-3-5-13(18)6-7-14-15-8-9-17(20-21)19(15,2)12-10-16(14)18/h3-4,13-16,21H,5-12H2,1-2H3/t13-,14?,15?,16?,18?,19?/m1/s1. The fourth-order valence-corrected chi connectivity index (χ4v) is 6.79. The van der Waals surface area contributed by atoms with Crippen LogP contribution >= 0.6 is 0 Å². The van der Waals surface area contributed by atoms with E-state index in [1.54, 1.807) is 0 Å². The van der Waals surface area contributed by atoms with Crippen molar-refractivity contribution in [2.24, 2.45) is 39.7 Å². The SMILES string of the molecule is CC12CCC3C(CC[C@H]4CC=CCC34C)C1CCC2=NO. The second-order valence-electron chi connectivity index (χ2n) is 8.61. The predicted molar refractivity (Wildman–Crippen MR) is 85.5 cm³/mol. The lowest BCUT2D eigenvalue weighted by atomic mass is 9.46. The van der Waals surface area contributed by atoms with E-state index in [4.69, 9.17) is 0 Å². The van der Waals surface area contributed by atoms with E-state index in [9.17, 15) is 5.21 Å². The number of oxime groups is 1. The van der Waals surface area contributed by atoms with Gasteiger partial charge >= 0.3 is 0 Å². The average Bonchev–Trinajstić information content (AvgIpc) is 2.83. The van der Waals surface area contributed by atoms with Crippen LogP contribution in [-0.4, -0.2) is 10.9 Å². The number of fused-ring (bicyclic) bond motifs is 5. The highest BCUT2D eigenvalue weighted by Crippen LogP contribution is 2.64. The van der Waals surface area contributed by atoms with Gasteiger partial charge in [0, 0.05) is 5.41 Å². The third kappa shape index (κ3) is 1.74. The molecule has 4 aliphatic carbocycles. The molecular formula is C19H29NO. The van der Waals surface area contributed by atoms with E-state index in [1.165, 1.54) is 44.9 Å². The quantitative estimate of drug-likeness (QED) is 0.378. The van der Waals surface area contributed by atoms with Gasteiger partial charge in [0.1, 0.15) is 0 Å². The Morgan fingerprint density at radius 2 is 1.95 bits per heavy atom. The van der Waals surface area contributed by atoms with E-state index in [0.717, 1.165) is 35.8 Å². The molecule has 0 bridgehead atoms. The Bertz CT molecular complexity index is 496. The first-order chi connectivity index (χ1) is 10.1. The summed E-state index contributed by atoms with van der Waals surface area (Å²) in [5.74, 6) is 3.46. The minimum absolute atomic E-state index is 0.198. The van der Waals surface area contributed by atoms with Crippen LogP contribution < -0.4 is 0 Å². The van der Waals surface area contributed by atoms with Crippen LogP contribution in [0.25, 0.3) is 0 Å². The van der Waals surface area contributed by atoms with Crippen molar-refractivity contribution in [2.45, 2.75) is 65.2 Å². The number of hydrogen-bond acceptors (Lipinski definition) is 2. The number of rotatable bonds is 0. The normalized spacial score (nSPS) is 54.1. The van der Waals surface area contributed by atoms with Gasteiger partial charge in [-0.05, 0) is 80.5 Å². The molecule has 21 heavy (non-hydrogen) atoms. The first-order valence-corrected chi connectivity index (χ1v) is 8.96. The summed E-state index contributed by atoms with van der Waals surface area (Å²) in [4.78, 5) is 0. The second-order valence-corrected chi connectivity index (χ2v) is 8.61. The molecule has 0 aromatic carbocycles. The summed E-state index contributed by atoms with van der Waals surface area (Å²) in [5.41, 5.74) is 1.84. The lowest BCUT2D eigenvalue weighted by molar-refractivity contribution is -0.0763. The summed E-state index contributed by atoms with van der Waals surface area (Å²) in [6.07, 6.45) is 15.2. The van der Waals surface area contributed by atoms with Crippen LogP contribution in [0.5, 0.6) is 0 Å². The van der Waals surface area contributed by atoms with Crippen LogP contribution in [-0.2, 0) is 0 Å². The molecule has 0 aromatic heterocycles. The molecule has 4 rings (SSSR count). The van der Waals surface area contributed by atoms with Gasteiger partial charge in [0.15, 0.2) is 0 Å². The predicted octanol–water partition coefficient (Wildman–Crippen LogP) is 5.03. The molecule has 0 aliphatic heterocycles. The van der Waals surface area contributed by atoms with Gasteiger partial charge in [-0.3, -0.25) is 0 Å². The second kappa shape index (κ2) is 4.60. The Morgan fingerprint density at radius 1 is 1.10 bits per heavy atom. The summed E-state index contributed by atoms with van der Waals surface area (Å²) in [6.45, 7) is 4.96. The first kappa shape index (κ1) is 13.8. The molecule has 0 saturated heterocycles. The molecule has 0 amide bonds. The zero-order valence-electron chi connectivity index (χ0n) is 13.5. The van der Waals surface area contributed by atoms with Gasteiger partial charge in [-0.2, -0.15) is 0 Å². The minimum Gasteiger partial charge on any atom is -0.411 e. The summed E-state index contributed by atoms with van der Waals surface area (Å²) in [5, 5.41) is 13.1. The van der Waals surface area contributed by atoms with Crippen LogP contribution in [0, 0.1) is 34.5 Å². The highest BCUT2D eigenvalue weighted by Gasteiger charge is 2.58. The van der Waals surface area contributed by atoms with Crippen LogP contribution in [0.15, 0.2) is 17.3 Å². The summed E-state index contributed by atoms with van der Waals surface area (Å²) < 4.78 is 0. The first-order valence-electron chi connectivity index (χ1n) is 8.96. The van der Waals surface area contributed by atoms with Crippen molar-refractivity contribution in [1.82, 2.24) is 0 Å². The Balaban J connectivity index is 1.67. The minimum atomic E-state index is 0.198. The Kier molecular flexibility index (Phi) is 3.03. The number of hydrogen-bond donors (Lipinski definition) is 1. The Morgan fingerprint density at radius 3 is 2.76 bits per heavy atom. The summed E-state index contributed by atoms with van der Waals surface area (Å²) in [6, 6.07) is 0. The van der Waals surface area contributed by atoms with Crippen molar-refractivity contribution in [3.05, 3.63) is 12.2 Å². The molecule has 0 heterocycles. The van der Waals surface area contributed by atoms with Crippen molar-refractivity contribution in [3.63, 3.8) is 0 Å². The van der Waals surface area contributed by atoms with E-state index < -0.39 is 0 Å². The monoisotopic (exact) mass is 287 g/mol. The molecule has 0 spiro atoms. The third-order valence-electron chi connectivity index (χ3n) is 8.07. The Labute approximate surface area is 128 Å². The van der Waals surface area contributed by atoms with Gasteiger partial charge in [0.2, 0.25) is 0 Å². The fourth-order valence-electron chi connectivity index (χ4n) is 6.79. The maximum absolute atomic E-state index is 9.38. The summed E-state index contributed by atoms with van der Waals surface area (Å²) >= 11 is 0. The maximum atomic E-state index is 9.38. The zero-order valence-corrected chi connectivity index (χ0v) is 13.5. The van der Waals surface area contributed by atoms with E-state index in [2.05, 4.69) is 31.2 Å². The third-order valence-corrected chi connectivity index (χ3v) is 8.07. The summed E-state index contributed by atoms with van der Waals surface area (Å²) in [7, 11) is 0. The molecule has 2 nitrogen and oxygen atoms in total. The van der Waals surface area contributed by atoms with Gasteiger partial charge in [-0.25, -0.2) is 0 Å². The van der Waals surface area contributed by atoms with Crippen molar-refractivity contribution in [1.29, 1.82) is 0 Å². The molecule has 2 heteroatoms. The van der Waals surface area contributed by atoms with Gasteiger partial charge in [0.25, 0.3) is 0 Å². The van der Waals surface area contributed by atoms with Gasteiger partial charge < -0.3 is 5.21 Å². The molecule has 0 radical (unpaired) electrons. The van der Waals surface area contributed by atoms with E-state index >= 15 is 0 Å². The Hall–Kier alpha value is -0.790. The lowest BCUT2D eigenvalue weighted by Gasteiger charge is -2.59. The van der Waals surface area contributed by atoms with E-state index in [0.29, 0.717) is 5.41 Å². The topological polar surface area (TPSA) is 32.6 Å². The van der Waals surface area contributed by atoms with Gasteiger partial charge in [0.05, 0.1) is 5.71 Å². The van der Waals surface area contributed by atoms with E-state index in [-0.39, 0.29) is 5.41 Å². The fraction of sp³-hybridized carbons (Fsp3) is 0.842. The molecule has 3 fully saturated rings. The van der Waals surface area contributed by atoms with Gasteiger partial charge in [-0.15, -0.1) is 0 Å². The van der Waals surface area contributed by atoms with Crippen molar-refractivity contribution < 1.29 is 5.21 Å². The molecule has 4 aliphatic rings. The number of allylic oxidation sites excluding steroid dienone is 2. The molecule has 1 N–H and O–H groups in total. The maximum Gasteiger partial charge on any atom is 0.0632 e. The average molecular weight is 287 g/mol. The molecular weight excluding hydrogens is 258 g/mol. The largest absolute Gasteiger partial charge is 0.411 e. The van der Waals surface area contributed by atoms with Crippen LogP contribution in [0.2, 0.25) is 0 Å². The van der Waals surface area contributed by atoms with Crippen LogP contribution in [0.4, 0.5) is 0 Å². The highest BCUT2D eigenvalue weighted by molar-refractivity contribution is 5.91. The number of nitrogens with zero attached hydrogens (tertiary/aromatic N) is 1. The lowest BCUT2D eigenvalue weighted by Crippen LogP contribution is -2.52. The van der Waals surface area contributed by atoms with Crippen LogP contribution in [0.3, 0.4) is 0 Å². The molecule has 3 saturated carbocycles. The van der Waals surface area contributed by atoms with E-state index in [1.807, 2.05) is 0 Å².